The summed E-state index contributed by atoms with van der Waals surface area (Å²) in [5.41, 5.74) is 0. The lowest BCUT2D eigenvalue weighted by Crippen LogP contribution is -2.50. The van der Waals surface area contributed by atoms with Gasteiger partial charge in [0.1, 0.15) is 0 Å². The van der Waals surface area contributed by atoms with Crippen molar-refractivity contribution in [3.05, 3.63) is 22.6 Å². The fraction of sp³-hybridized carbons (Fsp3) is 0.545. The predicted octanol–water partition coefficient (Wildman–Crippen LogP) is 2.19. The van der Waals surface area contributed by atoms with E-state index < -0.39 is 0 Å². The van der Waals surface area contributed by atoms with Crippen LogP contribution in [-0.4, -0.2) is 25.0 Å². The smallest absolute Gasteiger partial charge is 0.288 e. The van der Waals surface area contributed by atoms with E-state index in [1.165, 1.54) is 6.26 Å². The lowest BCUT2D eigenvalue weighted by atomic mass is 9.95. The minimum absolute atomic E-state index is 0. The summed E-state index contributed by atoms with van der Waals surface area (Å²) >= 11 is 3.28. The molecule has 0 spiro atoms. The number of rotatable bonds is 2. The van der Waals surface area contributed by atoms with Crippen LogP contribution in [0.2, 0.25) is 0 Å². The summed E-state index contributed by atoms with van der Waals surface area (Å²) in [6, 6.07) is 1.90. The van der Waals surface area contributed by atoms with Gasteiger partial charge in [0.25, 0.3) is 5.91 Å². The molecule has 1 saturated heterocycles. The van der Waals surface area contributed by atoms with Gasteiger partial charge in [-0.3, -0.25) is 4.79 Å². The Bertz CT molecular complexity index is 383. The number of hydrogen-bond acceptors (Lipinski definition) is 3. The third-order valence-corrected chi connectivity index (χ3v) is 3.59. The number of hydrogen-bond donors (Lipinski definition) is 2. The van der Waals surface area contributed by atoms with Gasteiger partial charge < -0.3 is 15.1 Å². The second-order valence-electron chi connectivity index (χ2n) is 4.15. The third kappa shape index (κ3) is 3.47. The number of furan rings is 1. The summed E-state index contributed by atoms with van der Waals surface area (Å²) in [5, 5.41) is 6.26. The molecule has 2 N–H and O–H groups in total. The minimum Gasteiger partial charge on any atom is -0.458 e. The fourth-order valence-electron chi connectivity index (χ4n) is 1.87. The first kappa shape index (κ1) is 14.5. The largest absolute Gasteiger partial charge is 0.458 e. The van der Waals surface area contributed by atoms with E-state index in [-0.39, 0.29) is 24.4 Å². The van der Waals surface area contributed by atoms with E-state index in [2.05, 4.69) is 33.5 Å². The van der Waals surface area contributed by atoms with Crippen molar-refractivity contribution >= 4 is 34.2 Å². The monoisotopic (exact) mass is 322 g/mol. The first-order valence-electron chi connectivity index (χ1n) is 5.43. The molecule has 0 bridgehead atoms. The van der Waals surface area contributed by atoms with Gasteiger partial charge in [-0.2, -0.15) is 0 Å². The molecule has 1 aromatic rings. The molecule has 1 aliphatic heterocycles. The zero-order valence-electron chi connectivity index (χ0n) is 9.53. The number of piperidine rings is 1. The maximum absolute atomic E-state index is 11.9. The van der Waals surface area contributed by atoms with Crippen LogP contribution in [0.15, 0.2) is 21.2 Å². The van der Waals surface area contributed by atoms with E-state index in [0.717, 1.165) is 19.5 Å². The van der Waals surface area contributed by atoms with Gasteiger partial charge in [-0.15, -0.1) is 12.4 Å². The molecule has 0 radical (unpaired) electrons. The number of carbonyl (C=O) groups excluding carboxylic acids is 1. The lowest BCUT2D eigenvalue weighted by molar-refractivity contribution is 0.0886. The SMILES string of the molecule is CC1CCNCC1NC(=O)c1occc1Br.Cl. The Morgan fingerprint density at radius 3 is 3.00 bits per heavy atom. The molecular formula is C11H16BrClN2O2. The first-order chi connectivity index (χ1) is 7.68. The second-order valence-corrected chi connectivity index (χ2v) is 5.00. The van der Waals surface area contributed by atoms with Crippen molar-refractivity contribution in [1.82, 2.24) is 10.6 Å². The lowest BCUT2D eigenvalue weighted by Gasteiger charge is -2.29. The summed E-state index contributed by atoms with van der Waals surface area (Å²) in [7, 11) is 0. The van der Waals surface area contributed by atoms with Crippen LogP contribution in [0.25, 0.3) is 0 Å². The second kappa shape index (κ2) is 6.42. The molecule has 0 aromatic carbocycles. The molecule has 2 unspecified atom stereocenters. The predicted molar refractivity (Wildman–Crippen MR) is 71.6 cm³/mol. The van der Waals surface area contributed by atoms with Crippen molar-refractivity contribution < 1.29 is 9.21 Å². The van der Waals surface area contributed by atoms with Gasteiger partial charge in [-0.25, -0.2) is 0 Å². The van der Waals surface area contributed by atoms with Crippen LogP contribution in [0.3, 0.4) is 0 Å². The molecule has 1 aromatic heterocycles. The Labute approximate surface area is 115 Å². The van der Waals surface area contributed by atoms with Gasteiger partial charge in [0.05, 0.1) is 10.7 Å². The average molecular weight is 324 g/mol. The van der Waals surface area contributed by atoms with Crippen molar-refractivity contribution in [2.24, 2.45) is 5.92 Å². The Morgan fingerprint density at radius 1 is 1.65 bits per heavy atom. The van der Waals surface area contributed by atoms with Crippen LogP contribution < -0.4 is 10.6 Å². The van der Waals surface area contributed by atoms with E-state index in [0.29, 0.717) is 16.2 Å². The van der Waals surface area contributed by atoms with Crippen molar-refractivity contribution in [2.75, 3.05) is 13.1 Å². The zero-order chi connectivity index (χ0) is 11.5. The fourth-order valence-corrected chi connectivity index (χ4v) is 2.25. The Morgan fingerprint density at radius 2 is 2.41 bits per heavy atom. The topological polar surface area (TPSA) is 54.3 Å². The van der Waals surface area contributed by atoms with Crippen molar-refractivity contribution in [2.45, 2.75) is 19.4 Å². The first-order valence-corrected chi connectivity index (χ1v) is 6.22. The highest BCUT2D eigenvalue weighted by Crippen LogP contribution is 2.18. The quantitative estimate of drug-likeness (QED) is 0.877. The molecule has 6 heteroatoms. The molecular weight excluding hydrogens is 307 g/mol. The Kier molecular flexibility index (Phi) is 5.49. The molecule has 1 aliphatic rings. The maximum Gasteiger partial charge on any atom is 0.288 e. The number of nitrogens with one attached hydrogen (secondary N) is 2. The van der Waals surface area contributed by atoms with Crippen LogP contribution in [-0.2, 0) is 0 Å². The van der Waals surface area contributed by atoms with Crippen LogP contribution in [0, 0.1) is 5.92 Å². The molecule has 17 heavy (non-hydrogen) atoms. The summed E-state index contributed by atoms with van der Waals surface area (Å²) in [4.78, 5) is 11.9. The van der Waals surface area contributed by atoms with Gasteiger partial charge in [0, 0.05) is 12.6 Å². The summed E-state index contributed by atoms with van der Waals surface area (Å²) in [6.45, 7) is 4.01. The summed E-state index contributed by atoms with van der Waals surface area (Å²) in [5.74, 6) is 0.689. The van der Waals surface area contributed by atoms with Gasteiger partial charge in [-0.05, 0) is 40.9 Å². The summed E-state index contributed by atoms with van der Waals surface area (Å²) < 4.78 is 5.82. The molecule has 1 fully saturated rings. The molecule has 2 atom stereocenters. The molecule has 1 amide bonds. The normalized spacial score (nSPS) is 23.9. The van der Waals surface area contributed by atoms with Crippen molar-refractivity contribution in [1.29, 1.82) is 0 Å². The van der Waals surface area contributed by atoms with E-state index in [1.54, 1.807) is 6.07 Å². The van der Waals surface area contributed by atoms with Crippen LogP contribution in [0.1, 0.15) is 23.9 Å². The number of amides is 1. The van der Waals surface area contributed by atoms with Gasteiger partial charge >= 0.3 is 0 Å². The molecule has 96 valence electrons. The van der Waals surface area contributed by atoms with Crippen LogP contribution in [0.5, 0.6) is 0 Å². The number of carbonyl (C=O) groups is 1. The molecule has 2 heterocycles. The molecule has 4 nitrogen and oxygen atoms in total. The number of halogens is 2. The summed E-state index contributed by atoms with van der Waals surface area (Å²) in [6.07, 6.45) is 2.59. The van der Waals surface area contributed by atoms with Gasteiger partial charge in [0.2, 0.25) is 5.76 Å². The highest BCUT2D eigenvalue weighted by Gasteiger charge is 2.24. The van der Waals surface area contributed by atoms with E-state index in [4.69, 9.17) is 4.42 Å². The van der Waals surface area contributed by atoms with Crippen LogP contribution in [0.4, 0.5) is 0 Å². The van der Waals surface area contributed by atoms with Crippen molar-refractivity contribution in [3.63, 3.8) is 0 Å². The Hall–Kier alpha value is -0.520. The minimum atomic E-state index is -0.155. The molecule has 0 aliphatic carbocycles. The Balaban J connectivity index is 0.00000144. The van der Waals surface area contributed by atoms with Crippen LogP contribution >= 0.6 is 28.3 Å². The standard InChI is InChI=1S/C11H15BrN2O2.ClH/c1-7-2-4-13-6-9(7)14-11(15)10-8(12)3-5-16-10;/h3,5,7,9,13H,2,4,6H2,1H3,(H,14,15);1H. The van der Waals surface area contributed by atoms with E-state index in [9.17, 15) is 4.79 Å². The van der Waals surface area contributed by atoms with E-state index >= 15 is 0 Å². The maximum atomic E-state index is 11.9. The molecule has 0 saturated carbocycles. The highest BCUT2D eigenvalue weighted by atomic mass is 79.9. The third-order valence-electron chi connectivity index (χ3n) is 2.97. The zero-order valence-corrected chi connectivity index (χ0v) is 11.9. The van der Waals surface area contributed by atoms with Crippen molar-refractivity contribution in [3.8, 4) is 0 Å². The van der Waals surface area contributed by atoms with Gasteiger partial charge in [0.15, 0.2) is 0 Å². The molecule has 2 rings (SSSR count). The van der Waals surface area contributed by atoms with E-state index in [1.807, 2.05) is 0 Å². The average Bonchev–Trinajstić information content (AvgIpc) is 2.68. The van der Waals surface area contributed by atoms with Gasteiger partial charge in [-0.1, -0.05) is 6.92 Å². The highest BCUT2D eigenvalue weighted by molar-refractivity contribution is 9.10.